The molecule has 0 amide bonds. The Hall–Kier alpha value is -1.90. The first-order chi connectivity index (χ1) is 13.1. The summed E-state index contributed by atoms with van der Waals surface area (Å²) in [6.45, 7) is 8.73. The minimum atomic E-state index is -3.61. The van der Waals surface area contributed by atoms with Crippen molar-refractivity contribution in [2.45, 2.75) is 50.6 Å². The zero-order valence-electron chi connectivity index (χ0n) is 17.1. The molecule has 0 aliphatic heterocycles. The summed E-state index contributed by atoms with van der Waals surface area (Å²) in [6.07, 6.45) is 0. The SMILES string of the molecule is CN=C(NCc1ccccc1S(=O)(=O)NC(C)(C)C)NCC(C)c1cccs1. The highest BCUT2D eigenvalue weighted by molar-refractivity contribution is 7.89. The van der Waals surface area contributed by atoms with Crippen molar-refractivity contribution >= 4 is 27.3 Å². The smallest absolute Gasteiger partial charge is 0.241 e. The molecule has 0 aliphatic carbocycles. The Morgan fingerprint density at radius 1 is 1.14 bits per heavy atom. The van der Waals surface area contributed by atoms with E-state index >= 15 is 0 Å². The first kappa shape index (κ1) is 22.4. The molecule has 0 saturated heterocycles. The number of sulfonamides is 1. The van der Waals surface area contributed by atoms with Crippen molar-refractivity contribution in [3.63, 3.8) is 0 Å². The Labute approximate surface area is 172 Å². The molecule has 2 rings (SSSR count). The zero-order valence-corrected chi connectivity index (χ0v) is 18.7. The van der Waals surface area contributed by atoms with Gasteiger partial charge in [-0.3, -0.25) is 4.99 Å². The van der Waals surface area contributed by atoms with Crippen molar-refractivity contribution in [1.82, 2.24) is 15.4 Å². The van der Waals surface area contributed by atoms with Gasteiger partial charge in [-0.1, -0.05) is 31.2 Å². The summed E-state index contributed by atoms with van der Waals surface area (Å²) in [5.41, 5.74) is 0.142. The Bertz CT molecular complexity index is 885. The van der Waals surface area contributed by atoms with Gasteiger partial charge in [-0.25, -0.2) is 13.1 Å². The Balaban J connectivity index is 2.03. The second-order valence-electron chi connectivity index (χ2n) is 7.69. The molecule has 1 heterocycles. The lowest BCUT2D eigenvalue weighted by Gasteiger charge is -2.22. The molecule has 1 aromatic heterocycles. The Kier molecular flexibility index (Phi) is 7.63. The lowest BCUT2D eigenvalue weighted by molar-refractivity contribution is 0.491. The van der Waals surface area contributed by atoms with Crippen molar-refractivity contribution in [3.8, 4) is 0 Å². The highest BCUT2D eigenvalue weighted by Gasteiger charge is 2.24. The number of nitrogens with zero attached hydrogens (tertiary/aromatic N) is 1. The standard InChI is InChI=1S/C20H30N4O2S2/c1-15(17-10-8-12-27-17)13-22-19(21-5)23-14-16-9-6-7-11-18(16)28(25,26)24-20(2,3)4/h6-12,15,24H,13-14H2,1-5H3,(H2,21,22,23). The predicted molar refractivity (Wildman–Crippen MR) is 117 cm³/mol. The van der Waals surface area contributed by atoms with Crippen LogP contribution in [0, 0.1) is 0 Å². The second-order valence-corrected chi connectivity index (χ2v) is 10.3. The number of benzene rings is 1. The topological polar surface area (TPSA) is 82.6 Å². The normalized spacial score (nSPS) is 14.0. The van der Waals surface area contributed by atoms with Gasteiger partial charge in [-0.15, -0.1) is 11.3 Å². The van der Waals surface area contributed by atoms with Crippen molar-refractivity contribution < 1.29 is 8.42 Å². The number of rotatable bonds is 7. The van der Waals surface area contributed by atoms with E-state index in [1.165, 1.54) is 4.88 Å². The Morgan fingerprint density at radius 2 is 1.86 bits per heavy atom. The molecule has 28 heavy (non-hydrogen) atoms. The maximum atomic E-state index is 12.7. The van der Waals surface area contributed by atoms with Crippen LogP contribution in [-0.2, 0) is 16.6 Å². The molecule has 0 aliphatic rings. The largest absolute Gasteiger partial charge is 0.356 e. The number of nitrogens with one attached hydrogen (secondary N) is 3. The quantitative estimate of drug-likeness (QED) is 0.472. The van der Waals surface area contributed by atoms with Crippen LogP contribution in [0.1, 0.15) is 44.1 Å². The van der Waals surface area contributed by atoms with Crippen molar-refractivity contribution in [3.05, 3.63) is 52.2 Å². The van der Waals surface area contributed by atoms with Gasteiger partial charge in [-0.05, 0) is 43.8 Å². The van der Waals surface area contributed by atoms with Crippen molar-refractivity contribution in [2.24, 2.45) is 4.99 Å². The molecular weight excluding hydrogens is 392 g/mol. The van der Waals surface area contributed by atoms with Crippen LogP contribution in [0.25, 0.3) is 0 Å². The van der Waals surface area contributed by atoms with Gasteiger partial charge < -0.3 is 10.6 Å². The van der Waals surface area contributed by atoms with Gasteiger partial charge in [0.15, 0.2) is 5.96 Å². The summed E-state index contributed by atoms with van der Waals surface area (Å²) in [5.74, 6) is 1.00. The third-order valence-electron chi connectivity index (χ3n) is 3.98. The van der Waals surface area contributed by atoms with E-state index in [2.05, 4.69) is 38.7 Å². The lowest BCUT2D eigenvalue weighted by atomic mass is 10.1. The number of guanidine groups is 1. The summed E-state index contributed by atoms with van der Waals surface area (Å²) in [4.78, 5) is 5.83. The van der Waals surface area contributed by atoms with Crippen LogP contribution in [0.2, 0.25) is 0 Å². The van der Waals surface area contributed by atoms with E-state index in [1.54, 1.807) is 30.5 Å². The summed E-state index contributed by atoms with van der Waals surface area (Å²) in [6, 6.07) is 11.2. The van der Waals surface area contributed by atoms with Crippen LogP contribution < -0.4 is 15.4 Å². The molecule has 0 bridgehead atoms. The molecule has 1 atom stereocenters. The van der Waals surface area contributed by atoms with E-state index in [0.29, 0.717) is 24.0 Å². The minimum Gasteiger partial charge on any atom is -0.356 e. The lowest BCUT2D eigenvalue weighted by Crippen LogP contribution is -2.41. The molecule has 1 unspecified atom stereocenters. The van der Waals surface area contributed by atoms with Gasteiger partial charge in [0.25, 0.3) is 0 Å². The van der Waals surface area contributed by atoms with Gasteiger partial charge in [0.2, 0.25) is 10.0 Å². The van der Waals surface area contributed by atoms with Gasteiger partial charge in [0, 0.05) is 36.5 Å². The number of hydrogen-bond donors (Lipinski definition) is 3. The van der Waals surface area contributed by atoms with Crippen molar-refractivity contribution in [1.29, 1.82) is 0 Å². The maximum Gasteiger partial charge on any atom is 0.241 e. The average molecular weight is 423 g/mol. The van der Waals surface area contributed by atoms with Gasteiger partial charge in [-0.2, -0.15) is 0 Å². The van der Waals surface area contributed by atoms with E-state index in [0.717, 1.165) is 6.54 Å². The first-order valence-electron chi connectivity index (χ1n) is 9.22. The molecule has 154 valence electrons. The fourth-order valence-electron chi connectivity index (χ4n) is 2.69. The third kappa shape index (κ3) is 6.61. The van der Waals surface area contributed by atoms with E-state index in [9.17, 15) is 8.42 Å². The van der Waals surface area contributed by atoms with E-state index < -0.39 is 15.6 Å². The van der Waals surface area contributed by atoms with Crippen molar-refractivity contribution in [2.75, 3.05) is 13.6 Å². The average Bonchev–Trinajstić information content (AvgIpc) is 3.14. The van der Waals surface area contributed by atoms with E-state index in [4.69, 9.17) is 0 Å². The van der Waals surface area contributed by atoms with Crippen LogP contribution in [0.5, 0.6) is 0 Å². The number of hydrogen-bond acceptors (Lipinski definition) is 4. The summed E-state index contributed by atoms with van der Waals surface area (Å²) in [7, 11) is -1.90. The molecule has 0 spiro atoms. The van der Waals surface area contributed by atoms with Gasteiger partial charge >= 0.3 is 0 Å². The molecule has 0 fully saturated rings. The van der Waals surface area contributed by atoms with Crippen LogP contribution in [0.3, 0.4) is 0 Å². The predicted octanol–water partition coefficient (Wildman–Crippen LogP) is 3.29. The molecular formula is C20H30N4O2S2. The molecule has 3 N–H and O–H groups in total. The zero-order chi connectivity index (χ0) is 20.8. The fourth-order valence-corrected chi connectivity index (χ4v) is 5.14. The number of aliphatic imine (C=N–C) groups is 1. The van der Waals surface area contributed by atoms with E-state index in [-0.39, 0.29) is 4.90 Å². The molecule has 1 aromatic carbocycles. The monoisotopic (exact) mass is 422 g/mol. The third-order valence-corrected chi connectivity index (χ3v) is 6.94. The molecule has 0 radical (unpaired) electrons. The van der Waals surface area contributed by atoms with E-state index in [1.807, 2.05) is 39.0 Å². The molecule has 2 aromatic rings. The Morgan fingerprint density at radius 3 is 2.46 bits per heavy atom. The summed E-state index contributed by atoms with van der Waals surface area (Å²) < 4.78 is 28.2. The molecule has 0 saturated carbocycles. The minimum absolute atomic E-state index is 0.278. The maximum absolute atomic E-state index is 12.7. The number of thiophene rings is 1. The highest BCUT2D eigenvalue weighted by atomic mass is 32.2. The summed E-state index contributed by atoms with van der Waals surface area (Å²) in [5, 5.41) is 8.59. The van der Waals surface area contributed by atoms with Crippen LogP contribution >= 0.6 is 11.3 Å². The summed E-state index contributed by atoms with van der Waals surface area (Å²) >= 11 is 1.74. The molecule has 6 nitrogen and oxygen atoms in total. The van der Waals surface area contributed by atoms with Crippen LogP contribution in [-0.4, -0.2) is 33.5 Å². The van der Waals surface area contributed by atoms with Crippen LogP contribution in [0.4, 0.5) is 0 Å². The fraction of sp³-hybridized carbons (Fsp3) is 0.450. The van der Waals surface area contributed by atoms with Crippen LogP contribution in [0.15, 0.2) is 51.7 Å². The van der Waals surface area contributed by atoms with Gasteiger partial charge in [0.05, 0.1) is 4.90 Å². The first-order valence-corrected chi connectivity index (χ1v) is 11.6. The molecule has 8 heteroatoms. The second kappa shape index (κ2) is 9.54. The van der Waals surface area contributed by atoms with Gasteiger partial charge in [0.1, 0.15) is 0 Å². The highest BCUT2D eigenvalue weighted by Crippen LogP contribution is 2.20.